The summed E-state index contributed by atoms with van der Waals surface area (Å²) in [5, 5.41) is 14.3. The Morgan fingerprint density at radius 1 is 1.05 bits per heavy atom. The van der Waals surface area contributed by atoms with E-state index in [1.165, 1.54) is 32.4 Å². The molecule has 2 aromatic rings. The largest absolute Gasteiger partial charge is 0.493 e. The molecule has 0 spiro atoms. The topological polar surface area (TPSA) is 142 Å². The maximum Gasteiger partial charge on any atom is 0.407 e. The van der Waals surface area contributed by atoms with Gasteiger partial charge in [-0.15, -0.1) is 0 Å². The third-order valence-corrected chi connectivity index (χ3v) is 9.76. The van der Waals surface area contributed by atoms with Gasteiger partial charge < -0.3 is 34.1 Å². The Morgan fingerprint density at radius 2 is 1.79 bits per heavy atom. The Bertz CT molecular complexity index is 1320. The van der Waals surface area contributed by atoms with E-state index < -0.39 is 40.9 Å². The quantitative estimate of drug-likeness (QED) is 0.321. The van der Waals surface area contributed by atoms with Crippen LogP contribution in [0.4, 0.5) is 4.79 Å². The zero-order chi connectivity index (χ0) is 30.4. The minimum Gasteiger partial charge on any atom is -0.493 e. The maximum atomic E-state index is 13.9. The van der Waals surface area contributed by atoms with Crippen LogP contribution in [0.3, 0.4) is 0 Å². The highest BCUT2D eigenvalue weighted by molar-refractivity contribution is 7.89. The highest BCUT2D eigenvalue weighted by Gasteiger charge is 2.44. The number of amides is 1. The number of hydrogen-bond donors (Lipinski definition) is 2. The molecule has 2 N–H and O–H groups in total. The molecule has 1 aliphatic carbocycles. The van der Waals surface area contributed by atoms with E-state index >= 15 is 0 Å². The van der Waals surface area contributed by atoms with Crippen LogP contribution in [0.25, 0.3) is 0 Å². The van der Waals surface area contributed by atoms with Gasteiger partial charge in [0.2, 0.25) is 0 Å². The lowest BCUT2D eigenvalue weighted by Gasteiger charge is -2.31. The molecule has 0 aromatic heterocycles. The van der Waals surface area contributed by atoms with E-state index in [-0.39, 0.29) is 42.0 Å². The Kier molecular flexibility index (Phi) is 10.4. The van der Waals surface area contributed by atoms with Crippen LogP contribution in [-0.4, -0.2) is 88.7 Å². The van der Waals surface area contributed by atoms with Gasteiger partial charge in [-0.05, 0) is 43.4 Å². The van der Waals surface area contributed by atoms with Gasteiger partial charge in [0, 0.05) is 6.07 Å². The lowest BCUT2D eigenvalue weighted by molar-refractivity contribution is -0.145. The van der Waals surface area contributed by atoms with E-state index in [4.69, 9.17) is 28.5 Å². The molecule has 2 saturated heterocycles. The minimum absolute atomic E-state index is 0.0508. The fourth-order valence-electron chi connectivity index (χ4n) is 5.75. The molecule has 12 nitrogen and oxygen atoms in total. The lowest BCUT2D eigenvalue weighted by atomic mass is 10.0. The van der Waals surface area contributed by atoms with Gasteiger partial charge in [0.25, 0.3) is 10.0 Å². The number of aliphatic hydroxyl groups excluding tert-OH is 1. The normalized spacial score (nSPS) is 23.6. The number of carbonyl (C=O) groups excluding carboxylic acids is 1. The molecule has 1 amide bonds. The van der Waals surface area contributed by atoms with E-state index in [2.05, 4.69) is 5.32 Å². The molecular weight excluding hydrogens is 580 g/mol. The molecule has 0 unspecified atom stereocenters. The zero-order valence-electron chi connectivity index (χ0n) is 24.4. The van der Waals surface area contributed by atoms with Crippen molar-refractivity contribution in [1.82, 2.24) is 9.79 Å². The van der Waals surface area contributed by atoms with Crippen LogP contribution in [0, 0.1) is 5.92 Å². The summed E-state index contributed by atoms with van der Waals surface area (Å²) in [4.78, 5) is 19.0. The minimum atomic E-state index is -4.26. The molecule has 3 fully saturated rings. The number of carbonyl (C=O) groups is 1. The second kappa shape index (κ2) is 14.2. The van der Waals surface area contributed by atoms with Crippen molar-refractivity contribution in [2.75, 3.05) is 34.0 Å². The molecule has 0 radical (unpaired) electrons. The lowest BCUT2D eigenvalue weighted by Crippen LogP contribution is -2.51. The van der Waals surface area contributed by atoms with Crippen molar-refractivity contribution < 1.29 is 46.8 Å². The summed E-state index contributed by atoms with van der Waals surface area (Å²) in [7, 11) is -1.38. The molecule has 2 heterocycles. The Labute approximate surface area is 252 Å². The number of hydrogen-bond acceptors (Lipinski definition) is 10. The van der Waals surface area contributed by atoms with Gasteiger partial charge in [0.15, 0.2) is 17.8 Å². The smallest absolute Gasteiger partial charge is 0.407 e. The standard InChI is InChI=1S/C30H40N2O10S/c1-37-26-13-12-22(17-27(26)38-2)43(35,36)32(42-21-10-6-7-11-21)18-25(33)24(16-20-8-4-3-5-9-20)31-30(34)41-28-19-40-29-23(28)14-15-39-29/h3-5,8-9,12-13,17,21,23-25,28-29,33H,6-7,10-11,14-16,18-19H2,1-2H3,(H,31,34)/t23-,24-,25-,28-,29+/m0/s1. The van der Waals surface area contributed by atoms with Crippen molar-refractivity contribution in [3.8, 4) is 11.5 Å². The van der Waals surface area contributed by atoms with E-state index in [0.717, 1.165) is 29.3 Å². The number of alkyl carbamates (subject to hydrolysis) is 1. The number of nitrogens with one attached hydrogen (secondary N) is 1. The molecule has 0 bridgehead atoms. The summed E-state index contributed by atoms with van der Waals surface area (Å²) in [6, 6.07) is 12.6. The number of methoxy groups -OCH3 is 2. The zero-order valence-corrected chi connectivity index (χ0v) is 25.2. The van der Waals surface area contributed by atoms with E-state index in [0.29, 0.717) is 25.2 Å². The predicted octanol–water partition coefficient (Wildman–Crippen LogP) is 3.03. The Balaban J connectivity index is 1.36. The monoisotopic (exact) mass is 620 g/mol. The van der Waals surface area contributed by atoms with Crippen molar-refractivity contribution >= 4 is 16.1 Å². The summed E-state index contributed by atoms with van der Waals surface area (Å²) >= 11 is 0. The predicted molar refractivity (Wildman–Crippen MR) is 154 cm³/mol. The number of rotatable bonds is 13. The Morgan fingerprint density at radius 3 is 2.51 bits per heavy atom. The van der Waals surface area contributed by atoms with Crippen LogP contribution in [0.15, 0.2) is 53.4 Å². The molecule has 2 aliphatic heterocycles. The first-order valence-corrected chi connectivity index (χ1v) is 16.1. The molecule has 2 aromatic carbocycles. The average molecular weight is 621 g/mol. The van der Waals surface area contributed by atoms with Crippen molar-refractivity contribution in [3.63, 3.8) is 0 Å². The number of benzene rings is 2. The number of hydroxylamine groups is 1. The molecule has 1 saturated carbocycles. The van der Waals surface area contributed by atoms with Crippen LogP contribution >= 0.6 is 0 Å². The van der Waals surface area contributed by atoms with Gasteiger partial charge in [0.05, 0.1) is 63.0 Å². The van der Waals surface area contributed by atoms with Gasteiger partial charge in [0.1, 0.15) is 6.10 Å². The van der Waals surface area contributed by atoms with Crippen LogP contribution in [0.5, 0.6) is 11.5 Å². The van der Waals surface area contributed by atoms with Crippen molar-refractivity contribution in [3.05, 3.63) is 54.1 Å². The summed E-state index contributed by atoms with van der Waals surface area (Å²) in [5.41, 5.74) is 0.839. The SMILES string of the molecule is COc1ccc(S(=O)(=O)N(C[C@H](O)[C@H](Cc2ccccc2)NC(=O)O[C@H]2CO[C@H]3OCC[C@H]32)OC2CCCC2)cc1OC. The summed E-state index contributed by atoms with van der Waals surface area (Å²) < 4.78 is 56.0. The fourth-order valence-corrected chi connectivity index (χ4v) is 7.07. The number of fused-ring (bicyclic) bond motifs is 1. The van der Waals surface area contributed by atoms with Crippen LogP contribution < -0.4 is 14.8 Å². The highest BCUT2D eigenvalue weighted by atomic mass is 32.2. The molecule has 3 aliphatic rings. The molecule has 5 rings (SSSR count). The van der Waals surface area contributed by atoms with Crippen molar-refractivity contribution in [2.24, 2.45) is 5.92 Å². The molecular formula is C30H40N2O10S. The van der Waals surface area contributed by atoms with Crippen molar-refractivity contribution in [1.29, 1.82) is 0 Å². The van der Waals surface area contributed by atoms with Crippen LogP contribution in [0.1, 0.15) is 37.7 Å². The van der Waals surface area contributed by atoms with Crippen LogP contribution in [0.2, 0.25) is 0 Å². The average Bonchev–Trinajstić information content (AvgIpc) is 3.77. The molecule has 236 valence electrons. The van der Waals surface area contributed by atoms with Gasteiger partial charge in [-0.2, -0.15) is 0 Å². The maximum absolute atomic E-state index is 13.9. The first-order valence-electron chi connectivity index (χ1n) is 14.6. The number of ether oxygens (including phenoxy) is 5. The first-order chi connectivity index (χ1) is 20.8. The van der Waals surface area contributed by atoms with Crippen molar-refractivity contribution in [2.45, 2.75) is 74.1 Å². The second-order valence-corrected chi connectivity index (χ2v) is 12.8. The summed E-state index contributed by atoms with van der Waals surface area (Å²) in [6.07, 6.45) is 0.902. The van der Waals surface area contributed by atoms with Crippen LogP contribution in [-0.2, 0) is 35.5 Å². The van der Waals surface area contributed by atoms with E-state index in [1.807, 2.05) is 30.3 Å². The third kappa shape index (κ3) is 7.59. The fraction of sp³-hybridized carbons (Fsp3) is 0.567. The van der Waals surface area contributed by atoms with Gasteiger partial charge in [-0.3, -0.25) is 4.84 Å². The number of aliphatic hydroxyl groups is 1. The number of sulfonamides is 1. The second-order valence-electron chi connectivity index (χ2n) is 11.0. The van der Waals surface area contributed by atoms with Gasteiger partial charge in [-0.1, -0.05) is 47.6 Å². The number of nitrogens with zero attached hydrogens (tertiary/aromatic N) is 1. The van der Waals surface area contributed by atoms with Gasteiger partial charge >= 0.3 is 6.09 Å². The molecule has 43 heavy (non-hydrogen) atoms. The molecule has 13 heteroatoms. The van der Waals surface area contributed by atoms with Gasteiger partial charge in [-0.25, -0.2) is 13.2 Å². The highest BCUT2D eigenvalue weighted by Crippen LogP contribution is 2.34. The first kappa shape index (κ1) is 31.5. The third-order valence-electron chi connectivity index (χ3n) is 8.14. The molecule has 5 atom stereocenters. The van der Waals surface area contributed by atoms with E-state index in [9.17, 15) is 18.3 Å². The Hall–Kier alpha value is -2.94. The van der Waals surface area contributed by atoms with E-state index in [1.54, 1.807) is 0 Å². The summed E-state index contributed by atoms with van der Waals surface area (Å²) in [5.74, 6) is 0.561. The summed E-state index contributed by atoms with van der Waals surface area (Å²) in [6.45, 7) is 0.328.